The molecule has 0 heterocycles. The maximum Gasteiger partial charge on any atom is 0.309 e. The van der Waals surface area contributed by atoms with Crippen LogP contribution in [0.2, 0.25) is 0 Å². The van der Waals surface area contributed by atoms with Crippen LogP contribution in [-0.4, -0.2) is 37.5 Å². The number of esters is 1. The molecule has 2 amide bonds. The summed E-state index contributed by atoms with van der Waals surface area (Å²) in [5, 5.41) is 4.81. The fraction of sp³-hybridized carbons (Fsp3) is 0.250. The van der Waals surface area contributed by atoms with Crippen LogP contribution in [0.5, 0.6) is 5.75 Å². The molecule has 0 saturated carbocycles. The molecule has 2 aromatic carbocycles. The lowest BCUT2D eigenvalue weighted by Crippen LogP contribution is -2.35. The maximum atomic E-state index is 12.8. The maximum absolute atomic E-state index is 12.8. The second-order valence-electron chi connectivity index (χ2n) is 5.90. The summed E-state index contributed by atoms with van der Waals surface area (Å²) < 4.78 is 23.0. The predicted octanol–water partition coefficient (Wildman–Crippen LogP) is 2.20. The average Bonchev–Trinajstić information content (AvgIpc) is 2.68. The van der Waals surface area contributed by atoms with E-state index >= 15 is 0 Å². The van der Waals surface area contributed by atoms with Crippen molar-refractivity contribution in [2.45, 2.75) is 13.3 Å². The highest BCUT2D eigenvalue weighted by atomic mass is 19.1. The van der Waals surface area contributed by atoms with Gasteiger partial charge in [-0.15, -0.1) is 0 Å². The average molecular weight is 388 g/mol. The van der Waals surface area contributed by atoms with E-state index in [1.165, 1.54) is 24.3 Å². The normalized spacial score (nSPS) is 10.1. The van der Waals surface area contributed by atoms with Crippen LogP contribution in [0.25, 0.3) is 0 Å². The van der Waals surface area contributed by atoms with Crippen molar-refractivity contribution in [2.24, 2.45) is 0 Å². The monoisotopic (exact) mass is 388 g/mol. The first-order chi connectivity index (χ1) is 13.4. The van der Waals surface area contributed by atoms with Crippen LogP contribution in [0.4, 0.5) is 10.1 Å². The molecule has 0 aromatic heterocycles. The Labute approximate surface area is 161 Å². The summed E-state index contributed by atoms with van der Waals surface area (Å²) >= 11 is 0. The van der Waals surface area contributed by atoms with Gasteiger partial charge in [0, 0.05) is 5.69 Å². The van der Waals surface area contributed by atoms with Gasteiger partial charge >= 0.3 is 5.97 Å². The van der Waals surface area contributed by atoms with Gasteiger partial charge in [0.05, 0.1) is 19.6 Å². The van der Waals surface area contributed by atoms with Crippen LogP contribution in [0.15, 0.2) is 48.5 Å². The molecule has 28 heavy (non-hydrogen) atoms. The molecule has 0 atom stereocenters. The quantitative estimate of drug-likeness (QED) is 0.643. The summed E-state index contributed by atoms with van der Waals surface area (Å²) in [5.41, 5.74) is 1.50. The van der Waals surface area contributed by atoms with Gasteiger partial charge < -0.3 is 20.1 Å². The first kappa shape index (κ1) is 20.9. The Hall–Kier alpha value is -3.42. The summed E-state index contributed by atoms with van der Waals surface area (Å²) in [4.78, 5) is 34.9. The first-order valence-electron chi connectivity index (χ1n) is 8.59. The minimum absolute atomic E-state index is 0.00773. The van der Waals surface area contributed by atoms with E-state index in [2.05, 4.69) is 10.6 Å². The van der Waals surface area contributed by atoms with Gasteiger partial charge in [-0.3, -0.25) is 14.4 Å². The van der Waals surface area contributed by atoms with Crippen molar-refractivity contribution in [1.29, 1.82) is 0 Å². The van der Waals surface area contributed by atoms with Gasteiger partial charge in [-0.2, -0.15) is 0 Å². The number of ether oxygens (including phenoxy) is 2. The second kappa shape index (κ2) is 10.7. The molecule has 2 aromatic rings. The summed E-state index contributed by atoms with van der Waals surface area (Å²) in [5.74, 6) is -1.46. The van der Waals surface area contributed by atoms with Crippen molar-refractivity contribution in [1.82, 2.24) is 5.32 Å². The van der Waals surface area contributed by atoms with Gasteiger partial charge in [0.15, 0.2) is 6.61 Å². The van der Waals surface area contributed by atoms with Gasteiger partial charge in [-0.1, -0.05) is 17.7 Å². The number of halogens is 1. The zero-order valence-corrected chi connectivity index (χ0v) is 15.4. The van der Waals surface area contributed by atoms with Crippen LogP contribution < -0.4 is 15.4 Å². The molecular formula is C20H21FN2O5. The SMILES string of the molecule is Cc1ccc(OCCC(=O)OCC(=O)NCC(=O)Nc2ccc(F)cc2)cc1. The highest BCUT2D eigenvalue weighted by Crippen LogP contribution is 2.11. The van der Waals surface area contributed by atoms with E-state index in [4.69, 9.17) is 9.47 Å². The van der Waals surface area contributed by atoms with Crippen molar-refractivity contribution in [3.8, 4) is 5.75 Å². The van der Waals surface area contributed by atoms with E-state index in [1.54, 1.807) is 12.1 Å². The summed E-state index contributed by atoms with van der Waals surface area (Å²) in [7, 11) is 0. The third-order valence-electron chi connectivity index (χ3n) is 3.53. The number of benzene rings is 2. The Morgan fingerprint density at radius 3 is 2.32 bits per heavy atom. The smallest absolute Gasteiger partial charge is 0.309 e. The van der Waals surface area contributed by atoms with Crippen molar-refractivity contribution >= 4 is 23.5 Å². The third-order valence-corrected chi connectivity index (χ3v) is 3.53. The molecule has 2 N–H and O–H groups in total. The second-order valence-corrected chi connectivity index (χ2v) is 5.90. The zero-order chi connectivity index (χ0) is 20.4. The lowest BCUT2D eigenvalue weighted by Gasteiger charge is -2.08. The number of amides is 2. The summed E-state index contributed by atoms with van der Waals surface area (Å²) in [6.07, 6.45) is -0.00773. The molecule has 0 radical (unpaired) electrons. The summed E-state index contributed by atoms with van der Waals surface area (Å²) in [6, 6.07) is 12.6. The number of aryl methyl sites for hydroxylation is 1. The van der Waals surface area contributed by atoms with Gasteiger partial charge in [0.1, 0.15) is 11.6 Å². The van der Waals surface area contributed by atoms with Gasteiger partial charge in [0.2, 0.25) is 5.91 Å². The molecule has 0 fully saturated rings. The van der Waals surface area contributed by atoms with Crippen LogP contribution in [0.3, 0.4) is 0 Å². The molecule has 0 saturated heterocycles. The molecule has 148 valence electrons. The van der Waals surface area contributed by atoms with Crippen molar-refractivity contribution in [3.63, 3.8) is 0 Å². The molecule has 7 nitrogen and oxygen atoms in total. The zero-order valence-electron chi connectivity index (χ0n) is 15.4. The number of carbonyl (C=O) groups excluding carboxylic acids is 3. The molecule has 0 unspecified atom stereocenters. The van der Waals surface area contributed by atoms with Crippen LogP contribution in [0, 0.1) is 12.7 Å². The number of anilines is 1. The van der Waals surface area contributed by atoms with E-state index in [9.17, 15) is 18.8 Å². The number of carbonyl (C=O) groups is 3. The minimum atomic E-state index is -0.609. The van der Waals surface area contributed by atoms with Crippen LogP contribution in [0.1, 0.15) is 12.0 Å². The fourth-order valence-electron chi connectivity index (χ4n) is 2.07. The molecule has 0 spiro atoms. The number of hydrogen-bond acceptors (Lipinski definition) is 5. The summed E-state index contributed by atoms with van der Waals surface area (Å²) in [6.45, 7) is 1.29. The van der Waals surface area contributed by atoms with E-state index in [-0.39, 0.29) is 19.6 Å². The van der Waals surface area contributed by atoms with Crippen molar-refractivity contribution in [2.75, 3.05) is 25.1 Å². The fourth-order valence-corrected chi connectivity index (χ4v) is 2.07. The number of rotatable bonds is 9. The Bertz CT molecular complexity index is 806. The number of hydrogen-bond donors (Lipinski definition) is 2. The molecule has 0 aliphatic heterocycles. The topological polar surface area (TPSA) is 93.7 Å². The molecule has 2 rings (SSSR count). The minimum Gasteiger partial charge on any atom is -0.493 e. The first-order valence-corrected chi connectivity index (χ1v) is 8.59. The van der Waals surface area contributed by atoms with Gasteiger partial charge in [0.25, 0.3) is 5.91 Å². The lowest BCUT2D eigenvalue weighted by atomic mass is 10.2. The van der Waals surface area contributed by atoms with Crippen molar-refractivity contribution in [3.05, 3.63) is 59.9 Å². The van der Waals surface area contributed by atoms with Gasteiger partial charge in [-0.05, 0) is 43.3 Å². The van der Waals surface area contributed by atoms with Crippen molar-refractivity contribution < 1.29 is 28.2 Å². The lowest BCUT2D eigenvalue weighted by molar-refractivity contribution is -0.149. The molecular weight excluding hydrogens is 367 g/mol. The molecule has 0 aliphatic carbocycles. The Kier molecular flexibility index (Phi) is 7.95. The highest BCUT2D eigenvalue weighted by Gasteiger charge is 2.10. The Morgan fingerprint density at radius 1 is 0.964 bits per heavy atom. The van der Waals surface area contributed by atoms with Crippen LogP contribution in [-0.2, 0) is 19.1 Å². The highest BCUT2D eigenvalue weighted by molar-refractivity contribution is 5.94. The molecule has 0 aliphatic rings. The number of nitrogens with one attached hydrogen (secondary N) is 2. The van der Waals surface area contributed by atoms with Crippen LogP contribution >= 0.6 is 0 Å². The van der Waals surface area contributed by atoms with E-state index in [1.807, 2.05) is 19.1 Å². The molecule has 8 heteroatoms. The van der Waals surface area contributed by atoms with E-state index < -0.39 is 30.2 Å². The Morgan fingerprint density at radius 2 is 1.64 bits per heavy atom. The van der Waals surface area contributed by atoms with Gasteiger partial charge in [-0.25, -0.2) is 4.39 Å². The largest absolute Gasteiger partial charge is 0.493 e. The van der Waals surface area contributed by atoms with E-state index in [0.717, 1.165) is 5.56 Å². The third kappa shape index (κ3) is 7.86. The standard InChI is InChI=1S/C20H21FN2O5/c1-14-2-8-17(9-3-14)27-11-10-20(26)28-13-19(25)22-12-18(24)23-16-6-4-15(21)5-7-16/h2-9H,10-13H2,1H3,(H,22,25)(H,23,24). The predicted molar refractivity (Wildman–Crippen MR) is 100 cm³/mol. The molecule has 0 bridgehead atoms. The Balaban J connectivity index is 1.58. The van der Waals surface area contributed by atoms with E-state index in [0.29, 0.717) is 11.4 Å².